The highest BCUT2D eigenvalue weighted by molar-refractivity contribution is 9.10. The van der Waals surface area contributed by atoms with Gasteiger partial charge in [0, 0.05) is 18.4 Å². The number of aromatic nitrogens is 1. The molecule has 1 N–H and O–H groups in total. The van der Waals surface area contributed by atoms with Gasteiger partial charge in [0.05, 0.1) is 0 Å². The van der Waals surface area contributed by atoms with E-state index in [1.807, 2.05) is 0 Å². The average Bonchev–Trinajstić information content (AvgIpc) is 2.01. The van der Waals surface area contributed by atoms with Crippen molar-refractivity contribution >= 4 is 21.6 Å². The highest BCUT2D eigenvalue weighted by Crippen LogP contribution is 2.11. The van der Waals surface area contributed by atoms with E-state index in [2.05, 4.69) is 26.2 Å². The summed E-state index contributed by atoms with van der Waals surface area (Å²) in [5.41, 5.74) is 0.879. The Labute approximate surface area is 73.0 Å². The van der Waals surface area contributed by atoms with E-state index in [0.29, 0.717) is 6.54 Å². The number of rotatable bonds is 3. The van der Waals surface area contributed by atoms with Gasteiger partial charge in [0.25, 0.3) is 0 Å². The molecule has 4 heteroatoms. The number of nitrogens with one attached hydrogen (secondary N) is 1. The molecule has 0 saturated heterocycles. The molecule has 0 saturated carbocycles. The van der Waals surface area contributed by atoms with Crippen molar-refractivity contribution in [1.29, 1.82) is 0 Å². The van der Waals surface area contributed by atoms with Gasteiger partial charge in [0.15, 0.2) is 0 Å². The molecule has 1 heterocycles. The zero-order chi connectivity index (χ0) is 8.10. The van der Waals surface area contributed by atoms with Crippen LogP contribution in [-0.2, 0) is 0 Å². The Morgan fingerprint density at radius 1 is 1.64 bits per heavy atom. The van der Waals surface area contributed by atoms with Gasteiger partial charge in [0.2, 0.25) is 0 Å². The number of hydrogen-bond acceptors (Lipinski definition) is 2. The van der Waals surface area contributed by atoms with Crippen molar-refractivity contribution < 1.29 is 4.39 Å². The first kappa shape index (κ1) is 8.46. The fraction of sp³-hybridized carbons (Fsp3) is 0.286. The van der Waals surface area contributed by atoms with Gasteiger partial charge in [-0.15, -0.1) is 0 Å². The summed E-state index contributed by atoms with van der Waals surface area (Å²) in [6.07, 6.45) is 1.66. The zero-order valence-electron chi connectivity index (χ0n) is 5.85. The van der Waals surface area contributed by atoms with Gasteiger partial charge in [-0.1, -0.05) is 0 Å². The summed E-state index contributed by atoms with van der Waals surface area (Å²) in [4.78, 5) is 3.93. The molecule has 0 amide bonds. The maximum absolute atomic E-state index is 11.7. The van der Waals surface area contributed by atoms with Crippen molar-refractivity contribution in [2.75, 3.05) is 18.5 Å². The lowest BCUT2D eigenvalue weighted by atomic mass is 10.4. The van der Waals surface area contributed by atoms with Gasteiger partial charge in [-0.25, -0.2) is 9.37 Å². The summed E-state index contributed by atoms with van der Waals surface area (Å²) >= 11 is 3.21. The quantitative estimate of drug-likeness (QED) is 0.788. The van der Waals surface area contributed by atoms with Crippen molar-refractivity contribution in [3.8, 4) is 0 Å². The fourth-order valence-electron chi connectivity index (χ4n) is 0.704. The molecule has 11 heavy (non-hydrogen) atoms. The number of halogens is 2. The van der Waals surface area contributed by atoms with Crippen LogP contribution >= 0.6 is 15.9 Å². The molecule has 1 aromatic rings. The van der Waals surface area contributed by atoms with Gasteiger partial charge in [0.1, 0.15) is 11.3 Å². The maximum atomic E-state index is 11.7. The van der Waals surface area contributed by atoms with Crippen molar-refractivity contribution in [2.24, 2.45) is 0 Å². The van der Waals surface area contributed by atoms with Crippen molar-refractivity contribution in [2.45, 2.75) is 0 Å². The van der Waals surface area contributed by atoms with Crippen molar-refractivity contribution in [1.82, 2.24) is 4.98 Å². The first-order valence-electron chi connectivity index (χ1n) is 3.24. The van der Waals surface area contributed by atoms with E-state index in [-0.39, 0.29) is 6.67 Å². The minimum absolute atomic E-state index is 0.344. The van der Waals surface area contributed by atoms with Crippen molar-refractivity contribution in [3.05, 3.63) is 22.9 Å². The molecule has 0 atom stereocenters. The SMILES string of the molecule is FCCNc1ccnc(Br)c1. The molecule has 1 aromatic heterocycles. The molecule has 0 aliphatic carbocycles. The fourth-order valence-corrected chi connectivity index (χ4v) is 1.07. The van der Waals surface area contributed by atoms with E-state index in [0.717, 1.165) is 10.3 Å². The zero-order valence-corrected chi connectivity index (χ0v) is 7.44. The predicted octanol–water partition coefficient (Wildman–Crippen LogP) is 2.23. The minimum Gasteiger partial charge on any atom is -0.382 e. The summed E-state index contributed by atoms with van der Waals surface area (Å²) in [6, 6.07) is 3.59. The van der Waals surface area contributed by atoms with Gasteiger partial charge < -0.3 is 5.32 Å². The van der Waals surface area contributed by atoms with Crippen molar-refractivity contribution in [3.63, 3.8) is 0 Å². The molecule has 0 unspecified atom stereocenters. The summed E-state index contributed by atoms with van der Waals surface area (Å²) in [7, 11) is 0. The van der Waals surface area contributed by atoms with Crippen LogP contribution in [0.3, 0.4) is 0 Å². The van der Waals surface area contributed by atoms with Crippen LogP contribution in [0.25, 0.3) is 0 Å². The van der Waals surface area contributed by atoms with Crippen LogP contribution in [0.5, 0.6) is 0 Å². The summed E-state index contributed by atoms with van der Waals surface area (Å²) < 4.78 is 12.4. The van der Waals surface area contributed by atoms with Gasteiger partial charge >= 0.3 is 0 Å². The van der Waals surface area contributed by atoms with E-state index < -0.39 is 0 Å². The Kier molecular flexibility index (Phi) is 3.29. The number of hydrogen-bond donors (Lipinski definition) is 1. The maximum Gasteiger partial charge on any atom is 0.108 e. The molecule has 0 aliphatic heterocycles. The van der Waals surface area contributed by atoms with Crippen LogP contribution < -0.4 is 5.32 Å². The standard InChI is InChI=1S/C7H8BrFN2/c8-7-5-6(1-3-11-7)10-4-2-9/h1,3,5H,2,4H2,(H,10,11). The molecule has 2 nitrogen and oxygen atoms in total. The van der Waals surface area contributed by atoms with Crippen LogP contribution in [0.1, 0.15) is 0 Å². The lowest BCUT2D eigenvalue weighted by molar-refractivity contribution is 0.513. The molecule has 60 valence electrons. The third-order valence-corrected chi connectivity index (χ3v) is 1.58. The van der Waals surface area contributed by atoms with Gasteiger partial charge in [-0.3, -0.25) is 0 Å². The van der Waals surface area contributed by atoms with Gasteiger partial charge in [-0.05, 0) is 28.1 Å². The molecule has 0 radical (unpaired) electrons. The first-order valence-corrected chi connectivity index (χ1v) is 4.03. The molecule has 0 aromatic carbocycles. The van der Waals surface area contributed by atoms with E-state index in [9.17, 15) is 4.39 Å². The smallest absolute Gasteiger partial charge is 0.108 e. The second-order valence-corrected chi connectivity index (χ2v) is 2.80. The molecular formula is C7H8BrFN2. The van der Waals surface area contributed by atoms with Crippen LogP contribution in [0.4, 0.5) is 10.1 Å². The van der Waals surface area contributed by atoms with E-state index in [4.69, 9.17) is 0 Å². The summed E-state index contributed by atoms with van der Waals surface area (Å²) in [5.74, 6) is 0. The Hall–Kier alpha value is -0.640. The minimum atomic E-state index is -0.361. The monoisotopic (exact) mass is 218 g/mol. The summed E-state index contributed by atoms with van der Waals surface area (Å²) in [5, 5.41) is 2.89. The third kappa shape index (κ3) is 2.84. The highest BCUT2D eigenvalue weighted by atomic mass is 79.9. The Morgan fingerprint density at radius 2 is 2.45 bits per heavy atom. The van der Waals surface area contributed by atoms with Crippen LogP contribution in [0, 0.1) is 0 Å². The van der Waals surface area contributed by atoms with E-state index in [1.54, 1.807) is 18.3 Å². The molecule has 0 aliphatic rings. The molecule has 1 rings (SSSR count). The summed E-state index contributed by atoms with van der Waals surface area (Å²) in [6.45, 7) is -0.0175. The van der Waals surface area contributed by atoms with E-state index in [1.165, 1.54) is 0 Å². The number of pyridine rings is 1. The number of nitrogens with zero attached hydrogens (tertiary/aromatic N) is 1. The Balaban J connectivity index is 2.56. The first-order chi connectivity index (χ1) is 5.33. The number of alkyl halides is 1. The Morgan fingerprint density at radius 3 is 3.09 bits per heavy atom. The van der Waals surface area contributed by atoms with Crippen LogP contribution in [0.2, 0.25) is 0 Å². The molecular weight excluding hydrogens is 211 g/mol. The second-order valence-electron chi connectivity index (χ2n) is 1.98. The topological polar surface area (TPSA) is 24.9 Å². The molecule has 0 bridgehead atoms. The van der Waals surface area contributed by atoms with Crippen LogP contribution in [-0.4, -0.2) is 18.2 Å². The highest BCUT2D eigenvalue weighted by Gasteiger charge is 1.91. The third-order valence-electron chi connectivity index (χ3n) is 1.15. The molecule has 0 spiro atoms. The average molecular weight is 219 g/mol. The van der Waals surface area contributed by atoms with Gasteiger partial charge in [-0.2, -0.15) is 0 Å². The largest absolute Gasteiger partial charge is 0.382 e. The predicted molar refractivity (Wildman–Crippen MR) is 46.4 cm³/mol. The normalized spacial score (nSPS) is 9.64. The molecule has 0 fully saturated rings. The Bertz CT molecular complexity index is 229. The van der Waals surface area contributed by atoms with Crippen LogP contribution in [0.15, 0.2) is 22.9 Å². The second kappa shape index (κ2) is 4.28. The number of anilines is 1. The lowest BCUT2D eigenvalue weighted by Gasteiger charge is -2.01. The van der Waals surface area contributed by atoms with E-state index >= 15 is 0 Å². The lowest BCUT2D eigenvalue weighted by Crippen LogP contribution is -2.02.